The van der Waals surface area contributed by atoms with Crippen molar-refractivity contribution in [2.24, 2.45) is 22.2 Å². The summed E-state index contributed by atoms with van der Waals surface area (Å²) in [5.41, 5.74) is -1.33. The molecule has 1 saturated heterocycles. The molecule has 0 aromatic heterocycles. The van der Waals surface area contributed by atoms with Gasteiger partial charge >= 0.3 is 6.18 Å². The summed E-state index contributed by atoms with van der Waals surface area (Å²) in [6.07, 6.45) is -5.15. The Bertz CT molecular complexity index is 302. The van der Waals surface area contributed by atoms with Gasteiger partial charge in [-0.2, -0.15) is 18.3 Å². The third-order valence-corrected chi connectivity index (χ3v) is 2.72. The van der Waals surface area contributed by atoms with Gasteiger partial charge in [-0.25, -0.2) is 5.43 Å². The van der Waals surface area contributed by atoms with E-state index in [1.54, 1.807) is 19.3 Å². The van der Waals surface area contributed by atoms with Crippen LogP contribution < -0.4 is 17.1 Å². The number of nitrogens with zero attached hydrogens (tertiary/aromatic N) is 1. The average Bonchev–Trinajstić information content (AvgIpc) is 2.16. The van der Waals surface area contributed by atoms with E-state index in [2.05, 4.69) is 5.10 Å². The number of hydrogen-bond acceptors (Lipinski definition) is 5. The van der Waals surface area contributed by atoms with Gasteiger partial charge in [0, 0.05) is 11.8 Å². The summed E-state index contributed by atoms with van der Waals surface area (Å²) >= 11 is 0. The third kappa shape index (κ3) is 2.00. The van der Waals surface area contributed by atoms with Crippen molar-refractivity contribution >= 4 is 5.71 Å². The van der Waals surface area contributed by atoms with Gasteiger partial charge in [-0.3, -0.25) is 5.84 Å². The lowest BCUT2D eigenvalue weighted by molar-refractivity contribution is -0.298. The van der Waals surface area contributed by atoms with E-state index in [1.165, 1.54) is 0 Å². The first-order chi connectivity index (χ1) is 7.18. The lowest BCUT2D eigenvalue weighted by Gasteiger charge is -2.44. The minimum atomic E-state index is -4.63. The molecule has 0 aliphatic carbocycles. The molecule has 0 amide bonds. The Morgan fingerprint density at radius 1 is 1.44 bits per heavy atom. The molecule has 1 rings (SSSR count). The van der Waals surface area contributed by atoms with Crippen LogP contribution in [0.3, 0.4) is 0 Å². The van der Waals surface area contributed by atoms with Crippen LogP contribution in [0, 0.1) is 5.41 Å². The molecule has 0 spiro atoms. The molecule has 5 N–H and O–H groups in total. The van der Waals surface area contributed by atoms with Gasteiger partial charge in [0.05, 0.1) is 12.3 Å². The molecule has 1 fully saturated rings. The largest absolute Gasteiger partial charge is 0.432 e. The summed E-state index contributed by atoms with van der Waals surface area (Å²) < 4.78 is 43.2. The van der Waals surface area contributed by atoms with E-state index in [9.17, 15) is 13.2 Å². The van der Waals surface area contributed by atoms with Gasteiger partial charge in [0.2, 0.25) is 5.72 Å². The standard InChI is InChI=1S/C8H15F3N4O/c1-6(2)4-16-7(15-13,8(9,10)11)3-5(6)14-12/h15H,3-4,12-13H2,1-2H3/b14-5+. The fourth-order valence-corrected chi connectivity index (χ4v) is 1.49. The second-order valence-corrected chi connectivity index (χ2v) is 4.39. The van der Waals surface area contributed by atoms with E-state index in [-0.39, 0.29) is 12.3 Å². The summed E-state index contributed by atoms with van der Waals surface area (Å²) in [7, 11) is 0. The highest BCUT2D eigenvalue weighted by Gasteiger charge is 2.60. The first kappa shape index (κ1) is 13.2. The van der Waals surface area contributed by atoms with Crippen LogP contribution in [0.15, 0.2) is 5.10 Å². The molecule has 94 valence electrons. The molecule has 1 heterocycles. The van der Waals surface area contributed by atoms with Crippen LogP contribution in [-0.2, 0) is 4.74 Å². The zero-order valence-electron chi connectivity index (χ0n) is 9.06. The average molecular weight is 240 g/mol. The highest BCUT2D eigenvalue weighted by Crippen LogP contribution is 2.41. The van der Waals surface area contributed by atoms with Crippen molar-refractivity contribution in [3.8, 4) is 0 Å². The summed E-state index contributed by atoms with van der Waals surface area (Å²) in [6, 6.07) is 0. The summed E-state index contributed by atoms with van der Waals surface area (Å²) in [5.74, 6) is 10.0. The quantitative estimate of drug-likeness (QED) is 0.459. The number of nitrogens with one attached hydrogen (secondary N) is 1. The summed E-state index contributed by atoms with van der Waals surface area (Å²) in [4.78, 5) is 0. The van der Waals surface area contributed by atoms with Crippen molar-refractivity contribution < 1.29 is 17.9 Å². The smallest absolute Gasteiger partial charge is 0.350 e. The van der Waals surface area contributed by atoms with Gasteiger partial charge in [-0.05, 0) is 0 Å². The second-order valence-electron chi connectivity index (χ2n) is 4.39. The monoisotopic (exact) mass is 240 g/mol. The fourth-order valence-electron chi connectivity index (χ4n) is 1.49. The molecule has 0 aromatic carbocycles. The first-order valence-electron chi connectivity index (χ1n) is 4.64. The highest BCUT2D eigenvalue weighted by molar-refractivity contribution is 5.91. The topological polar surface area (TPSA) is 85.7 Å². The van der Waals surface area contributed by atoms with Crippen LogP contribution in [0.25, 0.3) is 0 Å². The number of hydrogen-bond donors (Lipinski definition) is 3. The van der Waals surface area contributed by atoms with Gasteiger partial charge in [0.15, 0.2) is 0 Å². The van der Waals surface area contributed by atoms with Crippen molar-refractivity contribution in [3.05, 3.63) is 0 Å². The Balaban J connectivity index is 3.04. The van der Waals surface area contributed by atoms with Crippen LogP contribution in [0.5, 0.6) is 0 Å². The molecule has 1 aliphatic heterocycles. The molecule has 0 saturated carbocycles. The van der Waals surface area contributed by atoms with Crippen molar-refractivity contribution in [1.82, 2.24) is 5.43 Å². The molecule has 0 aromatic rings. The third-order valence-electron chi connectivity index (χ3n) is 2.72. The summed E-state index contributed by atoms with van der Waals surface area (Å²) in [5, 5.41) is 3.40. The molecule has 16 heavy (non-hydrogen) atoms. The lowest BCUT2D eigenvalue weighted by Crippen LogP contribution is -2.66. The number of alkyl halides is 3. The Labute approximate surface area is 91.0 Å². The SMILES string of the molecule is CC1(C)COC(NN)(C(F)(F)F)C/C1=N\N. The maximum atomic E-state index is 12.8. The Morgan fingerprint density at radius 3 is 2.38 bits per heavy atom. The number of hydrazone groups is 1. The number of rotatable bonds is 1. The number of ether oxygens (including phenoxy) is 1. The zero-order chi connectivity index (χ0) is 12.6. The predicted molar refractivity (Wildman–Crippen MR) is 52.1 cm³/mol. The van der Waals surface area contributed by atoms with Crippen molar-refractivity contribution in [2.45, 2.75) is 32.2 Å². The van der Waals surface area contributed by atoms with E-state index in [4.69, 9.17) is 16.4 Å². The Hall–Kier alpha value is -0.860. The minimum Gasteiger partial charge on any atom is -0.350 e. The van der Waals surface area contributed by atoms with Crippen LogP contribution in [0.2, 0.25) is 0 Å². The molecular weight excluding hydrogens is 225 g/mol. The van der Waals surface area contributed by atoms with E-state index in [0.29, 0.717) is 0 Å². The zero-order valence-corrected chi connectivity index (χ0v) is 9.06. The second kappa shape index (κ2) is 3.86. The van der Waals surface area contributed by atoms with Gasteiger partial charge in [0.25, 0.3) is 0 Å². The van der Waals surface area contributed by atoms with Crippen LogP contribution >= 0.6 is 0 Å². The predicted octanol–water partition coefficient (Wildman–Crippen LogP) is 0.470. The molecule has 0 bridgehead atoms. The lowest BCUT2D eigenvalue weighted by atomic mass is 9.81. The van der Waals surface area contributed by atoms with Gasteiger partial charge in [-0.1, -0.05) is 13.8 Å². The summed E-state index contributed by atoms with van der Waals surface area (Å²) in [6.45, 7) is 3.25. The van der Waals surface area contributed by atoms with Crippen molar-refractivity contribution in [3.63, 3.8) is 0 Å². The Kier molecular flexibility index (Phi) is 3.19. The molecule has 1 aliphatic rings. The number of nitrogens with two attached hydrogens (primary N) is 2. The van der Waals surface area contributed by atoms with Crippen molar-refractivity contribution in [2.75, 3.05) is 6.61 Å². The van der Waals surface area contributed by atoms with Crippen molar-refractivity contribution in [1.29, 1.82) is 0 Å². The van der Waals surface area contributed by atoms with E-state index in [1.807, 2.05) is 0 Å². The molecule has 5 nitrogen and oxygen atoms in total. The van der Waals surface area contributed by atoms with Gasteiger partial charge < -0.3 is 10.6 Å². The van der Waals surface area contributed by atoms with E-state index >= 15 is 0 Å². The van der Waals surface area contributed by atoms with Crippen LogP contribution in [0.4, 0.5) is 13.2 Å². The maximum Gasteiger partial charge on any atom is 0.432 e. The minimum absolute atomic E-state index is 0.160. The Morgan fingerprint density at radius 2 is 2.00 bits per heavy atom. The molecule has 1 unspecified atom stereocenters. The highest BCUT2D eigenvalue weighted by atomic mass is 19.4. The first-order valence-corrected chi connectivity index (χ1v) is 4.64. The molecule has 8 heteroatoms. The molecular formula is C8H15F3N4O. The molecule has 0 radical (unpaired) electrons. The van der Waals surface area contributed by atoms with Gasteiger partial charge in [-0.15, -0.1) is 0 Å². The van der Waals surface area contributed by atoms with E-state index in [0.717, 1.165) is 0 Å². The van der Waals surface area contributed by atoms with Crippen LogP contribution in [0.1, 0.15) is 20.3 Å². The van der Waals surface area contributed by atoms with Gasteiger partial charge in [0.1, 0.15) is 0 Å². The number of hydrazine groups is 1. The normalized spacial score (nSPS) is 33.0. The number of halogens is 3. The van der Waals surface area contributed by atoms with E-state index < -0.39 is 23.7 Å². The van der Waals surface area contributed by atoms with Crippen LogP contribution in [-0.4, -0.2) is 24.2 Å². The molecule has 1 atom stereocenters. The fraction of sp³-hybridized carbons (Fsp3) is 0.875. The maximum absolute atomic E-state index is 12.8.